The van der Waals surface area contributed by atoms with Crippen molar-refractivity contribution >= 4 is 0 Å². The van der Waals surface area contributed by atoms with Gasteiger partial charge in [-0.3, -0.25) is 4.90 Å². The smallest absolute Gasteiger partial charge is 0.315 e. The number of nitrogens with zero attached hydrogens (tertiary/aromatic N) is 1. The quantitative estimate of drug-likeness (QED) is 0.893. The minimum atomic E-state index is -4.28. The summed E-state index contributed by atoms with van der Waals surface area (Å²) in [5.74, 6) is 0. The maximum Gasteiger partial charge on any atom is 0.416 e. The van der Waals surface area contributed by atoms with Crippen molar-refractivity contribution in [2.75, 3.05) is 19.6 Å². The Bertz CT molecular complexity index is 425. The van der Waals surface area contributed by atoms with Crippen LogP contribution in [0.3, 0.4) is 0 Å². The van der Waals surface area contributed by atoms with Gasteiger partial charge in [-0.1, -0.05) is 25.1 Å². The van der Waals surface area contributed by atoms with E-state index in [1.165, 1.54) is 12.1 Å². The largest absolute Gasteiger partial charge is 0.416 e. The van der Waals surface area contributed by atoms with Gasteiger partial charge in [-0.05, 0) is 37.6 Å². The van der Waals surface area contributed by atoms with Crippen molar-refractivity contribution in [3.63, 3.8) is 0 Å². The number of alkyl halides is 3. The molecule has 1 saturated heterocycles. The maximum atomic E-state index is 13.0. The Balaban J connectivity index is 2.17. The number of hydrogen-bond acceptors (Lipinski definition) is 2. The number of hydrogen-bond donors (Lipinski definition) is 1. The zero-order valence-electron chi connectivity index (χ0n) is 11.7. The molecule has 1 aromatic rings. The van der Waals surface area contributed by atoms with E-state index in [9.17, 15) is 13.2 Å². The standard InChI is InChI=1S/C15H21F3N2/c1-2-9-20(13-7-8-19-10-13)11-12-5-3-4-6-14(12)15(16,17)18/h3-6,13,19H,2,7-11H2,1H3. The normalized spacial score (nSPS) is 19.8. The maximum absolute atomic E-state index is 13.0. The van der Waals surface area contributed by atoms with Gasteiger partial charge >= 0.3 is 6.18 Å². The summed E-state index contributed by atoms with van der Waals surface area (Å²) in [7, 11) is 0. The van der Waals surface area contributed by atoms with Crippen LogP contribution in [0.5, 0.6) is 0 Å². The van der Waals surface area contributed by atoms with Crippen molar-refractivity contribution in [1.82, 2.24) is 10.2 Å². The Kier molecular flexibility index (Phi) is 5.05. The van der Waals surface area contributed by atoms with Gasteiger partial charge in [0.2, 0.25) is 0 Å². The van der Waals surface area contributed by atoms with Gasteiger partial charge in [-0.2, -0.15) is 13.2 Å². The van der Waals surface area contributed by atoms with Gasteiger partial charge in [-0.25, -0.2) is 0 Å². The van der Waals surface area contributed by atoms with Crippen LogP contribution in [0.4, 0.5) is 13.2 Å². The minimum absolute atomic E-state index is 0.344. The molecule has 1 aromatic carbocycles. The van der Waals surface area contributed by atoms with Crippen LogP contribution in [0.25, 0.3) is 0 Å². The van der Waals surface area contributed by atoms with Crippen molar-refractivity contribution in [3.05, 3.63) is 35.4 Å². The summed E-state index contributed by atoms with van der Waals surface area (Å²) in [6.07, 6.45) is -2.32. The second kappa shape index (κ2) is 6.59. The van der Waals surface area contributed by atoms with E-state index in [0.29, 0.717) is 18.2 Å². The first-order valence-corrected chi connectivity index (χ1v) is 7.12. The summed E-state index contributed by atoms with van der Waals surface area (Å²) in [5, 5.41) is 3.28. The summed E-state index contributed by atoms with van der Waals surface area (Å²) in [4.78, 5) is 2.17. The van der Waals surface area contributed by atoms with E-state index < -0.39 is 11.7 Å². The van der Waals surface area contributed by atoms with Crippen LogP contribution in [0.2, 0.25) is 0 Å². The molecule has 2 nitrogen and oxygen atoms in total. The molecule has 1 heterocycles. The molecule has 1 aliphatic heterocycles. The zero-order valence-corrected chi connectivity index (χ0v) is 11.7. The number of benzene rings is 1. The van der Waals surface area contributed by atoms with E-state index in [4.69, 9.17) is 0 Å². The topological polar surface area (TPSA) is 15.3 Å². The first-order chi connectivity index (χ1) is 9.52. The summed E-state index contributed by atoms with van der Waals surface area (Å²) >= 11 is 0. The van der Waals surface area contributed by atoms with Crippen LogP contribution in [0.1, 0.15) is 30.9 Å². The Morgan fingerprint density at radius 2 is 2.05 bits per heavy atom. The van der Waals surface area contributed by atoms with E-state index >= 15 is 0 Å². The second-order valence-corrected chi connectivity index (χ2v) is 5.27. The lowest BCUT2D eigenvalue weighted by Crippen LogP contribution is -2.37. The molecule has 1 aliphatic rings. The molecule has 5 heteroatoms. The second-order valence-electron chi connectivity index (χ2n) is 5.27. The average molecular weight is 286 g/mol. The van der Waals surface area contributed by atoms with Gasteiger partial charge in [0.15, 0.2) is 0 Å². The van der Waals surface area contributed by atoms with Crippen molar-refractivity contribution in [2.24, 2.45) is 0 Å². The predicted octanol–water partition coefficient (Wildman–Crippen LogP) is 3.28. The van der Waals surface area contributed by atoms with E-state index in [1.807, 2.05) is 0 Å². The summed E-state index contributed by atoms with van der Waals surface area (Å²) in [5.41, 5.74) is -0.132. The van der Waals surface area contributed by atoms with Gasteiger partial charge in [0.1, 0.15) is 0 Å². The van der Waals surface area contributed by atoms with Gasteiger partial charge in [0, 0.05) is 19.1 Å². The number of halogens is 3. The van der Waals surface area contributed by atoms with Crippen molar-refractivity contribution in [3.8, 4) is 0 Å². The number of nitrogens with one attached hydrogen (secondary N) is 1. The Morgan fingerprint density at radius 3 is 2.65 bits per heavy atom. The third-order valence-corrected chi connectivity index (χ3v) is 3.76. The first-order valence-electron chi connectivity index (χ1n) is 7.12. The molecule has 0 radical (unpaired) electrons. The summed E-state index contributed by atoms with van der Waals surface area (Å²) in [6.45, 7) is 5.08. The molecule has 112 valence electrons. The van der Waals surface area contributed by atoms with Crippen molar-refractivity contribution in [2.45, 2.75) is 38.5 Å². The first kappa shape index (κ1) is 15.3. The molecule has 0 bridgehead atoms. The molecule has 0 aliphatic carbocycles. The monoisotopic (exact) mass is 286 g/mol. The fourth-order valence-corrected chi connectivity index (χ4v) is 2.78. The Hall–Kier alpha value is -1.07. The number of rotatable bonds is 5. The summed E-state index contributed by atoms with van der Waals surface area (Å²) in [6, 6.07) is 6.24. The zero-order chi connectivity index (χ0) is 14.6. The lowest BCUT2D eigenvalue weighted by Gasteiger charge is -2.29. The van der Waals surface area contributed by atoms with E-state index in [-0.39, 0.29) is 0 Å². The highest BCUT2D eigenvalue weighted by Gasteiger charge is 2.33. The molecule has 0 saturated carbocycles. The van der Waals surface area contributed by atoms with Gasteiger partial charge in [0.25, 0.3) is 0 Å². The molecule has 1 atom stereocenters. The van der Waals surface area contributed by atoms with Crippen LogP contribution in [0.15, 0.2) is 24.3 Å². The minimum Gasteiger partial charge on any atom is -0.315 e. The predicted molar refractivity (Wildman–Crippen MR) is 73.4 cm³/mol. The van der Waals surface area contributed by atoms with E-state index in [2.05, 4.69) is 17.1 Å². The van der Waals surface area contributed by atoms with Crippen molar-refractivity contribution < 1.29 is 13.2 Å². The SMILES string of the molecule is CCCN(Cc1ccccc1C(F)(F)F)C1CCNC1. The molecule has 1 fully saturated rings. The van der Waals surface area contributed by atoms with Crippen molar-refractivity contribution in [1.29, 1.82) is 0 Å². The Morgan fingerprint density at radius 1 is 1.30 bits per heavy atom. The van der Waals surface area contributed by atoms with Gasteiger partial charge in [0.05, 0.1) is 5.56 Å². The molecule has 1 unspecified atom stereocenters. The lowest BCUT2D eigenvalue weighted by molar-refractivity contribution is -0.138. The molecule has 0 spiro atoms. The Labute approximate surface area is 118 Å². The van der Waals surface area contributed by atoms with Crippen LogP contribution in [0, 0.1) is 0 Å². The van der Waals surface area contributed by atoms with E-state index in [0.717, 1.165) is 32.5 Å². The van der Waals surface area contributed by atoms with Crippen LogP contribution < -0.4 is 5.32 Å². The highest BCUT2D eigenvalue weighted by Crippen LogP contribution is 2.32. The molecule has 0 amide bonds. The third-order valence-electron chi connectivity index (χ3n) is 3.76. The highest BCUT2D eigenvalue weighted by molar-refractivity contribution is 5.29. The van der Waals surface area contributed by atoms with Gasteiger partial charge < -0.3 is 5.32 Å². The summed E-state index contributed by atoms with van der Waals surface area (Å²) < 4.78 is 39.1. The highest BCUT2D eigenvalue weighted by atomic mass is 19.4. The molecule has 0 aromatic heterocycles. The third kappa shape index (κ3) is 3.73. The van der Waals surface area contributed by atoms with E-state index in [1.54, 1.807) is 12.1 Å². The molecule has 20 heavy (non-hydrogen) atoms. The fraction of sp³-hybridized carbons (Fsp3) is 0.600. The fourth-order valence-electron chi connectivity index (χ4n) is 2.78. The average Bonchev–Trinajstić information content (AvgIpc) is 2.91. The van der Waals surface area contributed by atoms with Crippen LogP contribution >= 0.6 is 0 Å². The van der Waals surface area contributed by atoms with Crippen LogP contribution in [-0.2, 0) is 12.7 Å². The van der Waals surface area contributed by atoms with Crippen LogP contribution in [-0.4, -0.2) is 30.6 Å². The molecular weight excluding hydrogens is 265 g/mol. The van der Waals surface area contributed by atoms with Gasteiger partial charge in [-0.15, -0.1) is 0 Å². The lowest BCUT2D eigenvalue weighted by atomic mass is 10.1. The molecule has 1 N–H and O–H groups in total. The molecular formula is C15H21F3N2. The molecule has 2 rings (SSSR count).